The van der Waals surface area contributed by atoms with Crippen LogP contribution in [0.15, 0.2) is 105 Å². The summed E-state index contributed by atoms with van der Waals surface area (Å²) in [6, 6.07) is 24.7. The largest absolute Gasteiger partial charge is 0.467 e. The Morgan fingerprint density at radius 1 is 0.973 bits per heavy atom. The number of anilines is 1. The van der Waals surface area contributed by atoms with Gasteiger partial charge in [-0.3, -0.25) is 9.69 Å². The van der Waals surface area contributed by atoms with Gasteiger partial charge in [-0.05, 0) is 60.2 Å². The lowest BCUT2D eigenvalue weighted by Crippen LogP contribution is -2.30. The van der Waals surface area contributed by atoms with E-state index in [0.29, 0.717) is 16.5 Å². The van der Waals surface area contributed by atoms with Crippen molar-refractivity contribution in [1.29, 1.82) is 0 Å². The van der Waals surface area contributed by atoms with Crippen molar-refractivity contribution in [2.75, 3.05) is 11.9 Å². The SMILES string of the molecule is CN(Cc1ccccc1)S(=O)(=O)c1ccc(C(=O)N(Cc2ccco2)c2nc3ccc(Br)cc3s2)cc1. The second-order valence-electron chi connectivity index (χ2n) is 8.35. The molecule has 3 aromatic carbocycles. The molecule has 188 valence electrons. The predicted molar refractivity (Wildman–Crippen MR) is 148 cm³/mol. The first-order valence-corrected chi connectivity index (χ1v) is 14.4. The van der Waals surface area contributed by atoms with Crippen LogP contribution in [0.1, 0.15) is 21.7 Å². The van der Waals surface area contributed by atoms with Crippen LogP contribution in [-0.4, -0.2) is 30.7 Å². The monoisotopic (exact) mass is 595 g/mol. The highest BCUT2D eigenvalue weighted by atomic mass is 79.9. The maximum atomic E-state index is 13.6. The molecule has 0 aliphatic heterocycles. The number of furan rings is 1. The van der Waals surface area contributed by atoms with E-state index in [9.17, 15) is 13.2 Å². The highest BCUT2D eigenvalue weighted by Crippen LogP contribution is 2.33. The summed E-state index contributed by atoms with van der Waals surface area (Å²) < 4.78 is 34.9. The summed E-state index contributed by atoms with van der Waals surface area (Å²) in [5.41, 5.74) is 2.01. The Labute approximate surface area is 227 Å². The van der Waals surface area contributed by atoms with Crippen molar-refractivity contribution >= 4 is 58.5 Å². The van der Waals surface area contributed by atoms with Crippen LogP contribution in [0.25, 0.3) is 10.2 Å². The molecule has 1 amide bonds. The smallest absolute Gasteiger partial charge is 0.260 e. The van der Waals surface area contributed by atoms with E-state index < -0.39 is 10.0 Å². The second-order valence-corrected chi connectivity index (χ2v) is 12.3. The highest BCUT2D eigenvalue weighted by Gasteiger charge is 2.25. The molecule has 0 unspecified atom stereocenters. The number of sulfonamides is 1. The molecule has 0 atom stereocenters. The van der Waals surface area contributed by atoms with Crippen molar-refractivity contribution in [3.63, 3.8) is 0 Å². The van der Waals surface area contributed by atoms with E-state index in [0.717, 1.165) is 20.3 Å². The molecule has 7 nitrogen and oxygen atoms in total. The zero-order chi connectivity index (χ0) is 26.0. The Kier molecular flexibility index (Phi) is 7.25. The number of benzene rings is 3. The van der Waals surface area contributed by atoms with Gasteiger partial charge in [0.1, 0.15) is 5.76 Å². The lowest BCUT2D eigenvalue weighted by molar-refractivity contribution is 0.0983. The quantitative estimate of drug-likeness (QED) is 0.209. The van der Waals surface area contributed by atoms with Gasteiger partial charge in [0.25, 0.3) is 5.91 Å². The fraction of sp³-hybridized carbons (Fsp3) is 0.111. The summed E-state index contributed by atoms with van der Waals surface area (Å²) in [6.07, 6.45) is 1.55. The minimum atomic E-state index is -3.74. The molecule has 2 aromatic heterocycles. The van der Waals surface area contributed by atoms with Crippen LogP contribution in [0.2, 0.25) is 0 Å². The molecule has 0 radical (unpaired) electrons. The third-order valence-electron chi connectivity index (χ3n) is 5.77. The molecule has 0 spiro atoms. The first kappa shape index (κ1) is 25.3. The average Bonchev–Trinajstić information content (AvgIpc) is 3.57. The van der Waals surface area contributed by atoms with Crippen LogP contribution in [-0.2, 0) is 23.1 Å². The number of halogens is 1. The van der Waals surface area contributed by atoms with Crippen molar-refractivity contribution in [3.8, 4) is 0 Å². The van der Waals surface area contributed by atoms with Crippen LogP contribution in [0.3, 0.4) is 0 Å². The molecule has 2 heterocycles. The van der Waals surface area contributed by atoms with E-state index in [1.165, 1.54) is 47.0 Å². The van der Waals surface area contributed by atoms with Crippen molar-refractivity contribution in [1.82, 2.24) is 9.29 Å². The van der Waals surface area contributed by atoms with E-state index in [1.807, 2.05) is 48.5 Å². The van der Waals surface area contributed by atoms with Gasteiger partial charge in [-0.25, -0.2) is 13.4 Å². The molecule has 5 aromatic rings. The lowest BCUT2D eigenvalue weighted by atomic mass is 10.2. The van der Waals surface area contributed by atoms with Gasteiger partial charge in [0, 0.05) is 23.6 Å². The minimum Gasteiger partial charge on any atom is -0.467 e. The van der Waals surface area contributed by atoms with Gasteiger partial charge in [0.2, 0.25) is 10.0 Å². The molecule has 0 bridgehead atoms. The van der Waals surface area contributed by atoms with Crippen molar-refractivity contribution in [3.05, 3.63) is 113 Å². The molecule has 0 saturated carbocycles. The number of rotatable bonds is 8. The van der Waals surface area contributed by atoms with Crippen molar-refractivity contribution < 1.29 is 17.6 Å². The summed E-state index contributed by atoms with van der Waals surface area (Å²) in [4.78, 5) is 20.0. The number of nitrogens with zero attached hydrogens (tertiary/aromatic N) is 3. The molecular weight excluding hydrogens is 574 g/mol. The maximum Gasteiger partial charge on any atom is 0.260 e. The maximum absolute atomic E-state index is 13.6. The molecular formula is C27H22BrN3O4S2. The minimum absolute atomic E-state index is 0.116. The number of carbonyl (C=O) groups excluding carboxylic acids is 1. The molecule has 0 N–H and O–H groups in total. The van der Waals surface area contributed by atoms with Crippen molar-refractivity contribution in [2.45, 2.75) is 18.0 Å². The van der Waals surface area contributed by atoms with Gasteiger partial charge in [0.15, 0.2) is 5.13 Å². The van der Waals surface area contributed by atoms with Gasteiger partial charge in [-0.15, -0.1) is 0 Å². The number of aromatic nitrogens is 1. The average molecular weight is 597 g/mol. The Morgan fingerprint density at radius 2 is 1.73 bits per heavy atom. The molecule has 37 heavy (non-hydrogen) atoms. The number of amides is 1. The Hall–Kier alpha value is -3.31. The number of carbonyl (C=O) groups is 1. The first-order valence-electron chi connectivity index (χ1n) is 11.3. The molecule has 0 saturated heterocycles. The molecule has 0 aliphatic carbocycles. The molecule has 0 fully saturated rings. The first-order chi connectivity index (χ1) is 17.8. The summed E-state index contributed by atoms with van der Waals surface area (Å²) in [6.45, 7) is 0.432. The summed E-state index contributed by atoms with van der Waals surface area (Å²) in [5.74, 6) is 0.298. The Balaban J connectivity index is 1.42. The Bertz CT molecular complexity index is 1630. The lowest BCUT2D eigenvalue weighted by Gasteiger charge is -2.20. The topological polar surface area (TPSA) is 83.7 Å². The van der Waals surface area contributed by atoms with Gasteiger partial charge < -0.3 is 4.42 Å². The number of fused-ring (bicyclic) bond motifs is 1. The fourth-order valence-electron chi connectivity index (χ4n) is 3.82. The summed E-state index contributed by atoms with van der Waals surface area (Å²) in [5, 5.41) is 0.522. The predicted octanol–water partition coefficient (Wildman–Crippen LogP) is 6.32. The van der Waals surface area contributed by atoms with Crippen LogP contribution in [0.5, 0.6) is 0 Å². The van der Waals surface area contributed by atoms with Crippen LogP contribution >= 0.6 is 27.3 Å². The van der Waals surface area contributed by atoms with Gasteiger partial charge in [-0.1, -0.05) is 57.6 Å². The number of hydrogen-bond acceptors (Lipinski definition) is 6. The van der Waals surface area contributed by atoms with Crippen molar-refractivity contribution in [2.24, 2.45) is 0 Å². The van der Waals surface area contributed by atoms with Crippen LogP contribution in [0, 0.1) is 0 Å². The molecule has 5 rings (SSSR count). The standard InChI is InChI=1S/C27H22BrN3O4S2/c1-30(17-19-6-3-2-4-7-19)37(33,34)23-12-9-20(10-13-23)26(32)31(18-22-8-5-15-35-22)27-29-24-14-11-21(28)16-25(24)36-27/h2-16H,17-18H2,1H3. The zero-order valence-electron chi connectivity index (χ0n) is 19.7. The molecule has 0 aliphatic rings. The van der Waals surface area contributed by atoms with Crippen LogP contribution in [0.4, 0.5) is 5.13 Å². The van der Waals surface area contributed by atoms with E-state index in [-0.39, 0.29) is 23.9 Å². The highest BCUT2D eigenvalue weighted by molar-refractivity contribution is 9.10. The normalized spacial score (nSPS) is 11.8. The van der Waals surface area contributed by atoms with Gasteiger partial charge in [-0.2, -0.15) is 4.31 Å². The Morgan fingerprint density at radius 3 is 2.43 bits per heavy atom. The van der Waals surface area contributed by atoms with E-state index >= 15 is 0 Å². The van der Waals surface area contributed by atoms with Crippen LogP contribution < -0.4 is 4.90 Å². The molecule has 10 heteroatoms. The van der Waals surface area contributed by atoms with E-state index in [2.05, 4.69) is 20.9 Å². The van der Waals surface area contributed by atoms with Gasteiger partial charge >= 0.3 is 0 Å². The third kappa shape index (κ3) is 5.52. The number of hydrogen-bond donors (Lipinski definition) is 0. The second kappa shape index (κ2) is 10.6. The summed E-state index contributed by atoms with van der Waals surface area (Å²) >= 11 is 4.87. The number of thiazole rings is 1. The van der Waals surface area contributed by atoms with E-state index in [1.54, 1.807) is 23.3 Å². The van der Waals surface area contributed by atoms with Gasteiger partial charge in [0.05, 0.1) is 27.9 Å². The van der Waals surface area contributed by atoms with E-state index in [4.69, 9.17) is 4.42 Å². The zero-order valence-corrected chi connectivity index (χ0v) is 23.0. The fourth-order valence-corrected chi connectivity index (χ4v) is 6.49. The third-order valence-corrected chi connectivity index (χ3v) is 9.12. The summed E-state index contributed by atoms with van der Waals surface area (Å²) in [7, 11) is -2.20.